The molecule has 7 heteroatoms. The van der Waals surface area contributed by atoms with Gasteiger partial charge in [0, 0.05) is 6.54 Å². The van der Waals surface area contributed by atoms with E-state index in [2.05, 4.69) is 10.6 Å². The Morgan fingerprint density at radius 1 is 0.759 bits per heavy atom. The number of benzene rings is 2. The van der Waals surface area contributed by atoms with Crippen molar-refractivity contribution in [3.05, 3.63) is 48.0 Å². The van der Waals surface area contributed by atoms with Gasteiger partial charge in [-0.15, -0.1) is 0 Å². The maximum Gasteiger partial charge on any atom is 0.317 e. The van der Waals surface area contributed by atoms with E-state index in [1.165, 1.54) is 0 Å². The van der Waals surface area contributed by atoms with Gasteiger partial charge < -0.3 is 29.6 Å². The number of carbonyl (C=O) groups excluding carboxylic acids is 1. The molecule has 2 amide bonds. The fraction of sp³-hybridized carbons (Fsp3) is 0.409. The third kappa shape index (κ3) is 7.81. The minimum absolute atomic E-state index is 0.0807. The first kappa shape index (κ1) is 22.2. The fourth-order valence-electron chi connectivity index (χ4n) is 2.62. The van der Waals surface area contributed by atoms with Crippen LogP contribution in [0.2, 0.25) is 0 Å². The molecule has 0 aromatic heterocycles. The molecule has 0 spiro atoms. The highest BCUT2D eigenvalue weighted by Gasteiger charge is 2.07. The molecule has 2 N–H and O–H groups in total. The van der Waals surface area contributed by atoms with Crippen LogP contribution in [0.1, 0.15) is 26.3 Å². The van der Waals surface area contributed by atoms with Crippen molar-refractivity contribution in [2.24, 2.45) is 0 Å². The molecule has 0 saturated heterocycles. The SMILES string of the molecule is CCOc1ccc(OCNC(=O)NCCc2ccc(OCC)c(OCC)c2)cc1. The summed E-state index contributed by atoms with van der Waals surface area (Å²) in [5, 5.41) is 5.48. The Labute approximate surface area is 172 Å². The van der Waals surface area contributed by atoms with Crippen molar-refractivity contribution in [1.82, 2.24) is 10.6 Å². The van der Waals surface area contributed by atoms with Crippen LogP contribution in [0.4, 0.5) is 4.79 Å². The zero-order valence-electron chi connectivity index (χ0n) is 17.3. The van der Waals surface area contributed by atoms with Crippen LogP contribution < -0.4 is 29.6 Å². The molecular weight excluding hydrogens is 372 g/mol. The van der Waals surface area contributed by atoms with Gasteiger partial charge in [-0.1, -0.05) is 6.07 Å². The molecule has 0 aliphatic heterocycles. The van der Waals surface area contributed by atoms with Crippen molar-refractivity contribution in [2.75, 3.05) is 33.1 Å². The highest BCUT2D eigenvalue weighted by atomic mass is 16.5. The quantitative estimate of drug-likeness (QED) is 0.529. The number of hydrogen-bond donors (Lipinski definition) is 2. The molecule has 29 heavy (non-hydrogen) atoms. The third-order valence-corrected chi connectivity index (χ3v) is 3.91. The minimum atomic E-state index is -0.285. The Morgan fingerprint density at radius 2 is 1.38 bits per heavy atom. The van der Waals surface area contributed by atoms with Crippen molar-refractivity contribution < 1.29 is 23.7 Å². The Bertz CT molecular complexity index is 749. The topological polar surface area (TPSA) is 78.1 Å². The molecule has 0 bridgehead atoms. The van der Waals surface area contributed by atoms with E-state index in [9.17, 15) is 4.79 Å². The first-order chi connectivity index (χ1) is 14.2. The van der Waals surface area contributed by atoms with Crippen LogP contribution in [0.25, 0.3) is 0 Å². The van der Waals surface area contributed by atoms with Gasteiger partial charge in [-0.2, -0.15) is 0 Å². The van der Waals surface area contributed by atoms with Crippen molar-refractivity contribution in [1.29, 1.82) is 0 Å². The van der Waals surface area contributed by atoms with Gasteiger partial charge in [-0.3, -0.25) is 0 Å². The van der Waals surface area contributed by atoms with Gasteiger partial charge in [-0.05, 0) is 69.2 Å². The second-order valence-electron chi connectivity index (χ2n) is 6.02. The van der Waals surface area contributed by atoms with Crippen LogP contribution in [0.3, 0.4) is 0 Å². The molecule has 2 rings (SSSR count). The lowest BCUT2D eigenvalue weighted by Crippen LogP contribution is -2.38. The second kappa shape index (κ2) is 12.4. The average molecular weight is 402 g/mol. The summed E-state index contributed by atoms with van der Waals surface area (Å²) in [6, 6.07) is 12.8. The molecular formula is C22H30N2O5. The largest absolute Gasteiger partial charge is 0.494 e. The fourth-order valence-corrected chi connectivity index (χ4v) is 2.62. The van der Waals surface area contributed by atoms with Gasteiger partial charge in [0.2, 0.25) is 0 Å². The lowest BCUT2D eigenvalue weighted by molar-refractivity contribution is 0.224. The molecule has 0 unspecified atom stereocenters. The number of rotatable bonds is 12. The molecule has 0 atom stereocenters. The Morgan fingerprint density at radius 3 is 2.03 bits per heavy atom. The molecule has 7 nitrogen and oxygen atoms in total. The van der Waals surface area contributed by atoms with Gasteiger partial charge in [0.15, 0.2) is 18.2 Å². The van der Waals surface area contributed by atoms with Gasteiger partial charge in [0.1, 0.15) is 11.5 Å². The number of ether oxygens (including phenoxy) is 4. The molecule has 0 saturated carbocycles. The van der Waals surface area contributed by atoms with E-state index in [0.717, 1.165) is 22.8 Å². The summed E-state index contributed by atoms with van der Waals surface area (Å²) in [6.07, 6.45) is 0.680. The maximum absolute atomic E-state index is 11.9. The molecule has 0 heterocycles. The number of carbonyl (C=O) groups is 1. The summed E-state index contributed by atoms with van der Waals surface area (Å²) >= 11 is 0. The minimum Gasteiger partial charge on any atom is -0.494 e. The summed E-state index contributed by atoms with van der Waals surface area (Å²) in [5.74, 6) is 2.90. The van der Waals surface area contributed by atoms with E-state index < -0.39 is 0 Å². The standard InChI is InChI=1S/C22H30N2O5/c1-4-26-18-8-10-19(11-9-18)29-16-24-22(25)23-14-13-17-7-12-20(27-5-2)21(15-17)28-6-3/h7-12,15H,4-6,13-14,16H2,1-3H3,(H2,23,24,25). The Balaban J connectivity index is 1.70. The monoisotopic (exact) mass is 402 g/mol. The van der Waals surface area contributed by atoms with Crippen molar-refractivity contribution in [3.63, 3.8) is 0 Å². The van der Waals surface area contributed by atoms with Gasteiger partial charge in [-0.25, -0.2) is 4.79 Å². The molecule has 0 aliphatic rings. The lowest BCUT2D eigenvalue weighted by atomic mass is 10.1. The van der Waals surface area contributed by atoms with Crippen LogP contribution in [-0.2, 0) is 6.42 Å². The van der Waals surface area contributed by atoms with Crippen LogP contribution in [0.5, 0.6) is 23.0 Å². The second-order valence-corrected chi connectivity index (χ2v) is 6.02. The summed E-state index contributed by atoms with van der Waals surface area (Å²) in [4.78, 5) is 11.9. The average Bonchev–Trinajstić information content (AvgIpc) is 2.72. The van der Waals surface area contributed by atoms with E-state index in [-0.39, 0.29) is 12.8 Å². The van der Waals surface area contributed by atoms with Crippen molar-refractivity contribution >= 4 is 6.03 Å². The summed E-state index contributed by atoms with van der Waals surface area (Å²) < 4.78 is 22.1. The first-order valence-electron chi connectivity index (χ1n) is 9.92. The smallest absolute Gasteiger partial charge is 0.317 e. The molecule has 2 aromatic carbocycles. The van der Waals surface area contributed by atoms with E-state index in [0.29, 0.717) is 38.5 Å². The molecule has 2 aromatic rings. The van der Waals surface area contributed by atoms with E-state index in [1.807, 2.05) is 51.1 Å². The van der Waals surface area contributed by atoms with Gasteiger partial charge in [0.25, 0.3) is 0 Å². The van der Waals surface area contributed by atoms with Crippen molar-refractivity contribution in [2.45, 2.75) is 27.2 Å². The van der Waals surface area contributed by atoms with Crippen molar-refractivity contribution in [3.8, 4) is 23.0 Å². The van der Waals surface area contributed by atoms with E-state index >= 15 is 0 Å². The predicted octanol–water partition coefficient (Wildman–Crippen LogP) is 3.76. The normalized spacial score (nSPS) is 10.2. The van der Waals surface area contributed by atoms with Crippen LogP contribution in [0.15, 0.2) is 42.5 Å². The Kier molecular flexibility index (Phi) is 9.48. The zero-order chi connectivity index (χ0) is 20.9. The van der Waals surface area contributed by atoms with E-state index in [1.54, 1.807) is 12.1 Å². The van der Waals surface area contributed by atoms with Crippen LogP contribution >= 0.6 is 0 Å². The van der Waals surface area contributed by atoms with E-state index in [4.69, 9.17) is 18.9 Å². The van der Waals surface area contributed by atoms with Gasteiger partial charge in [0.05, 0.1) is 19.8 Å². The molecule has 0 fully saturated rings. The predicted molar refractivity (Wildman–Crippen MR) is 112 cm³/mol. The highest BCUT2D eigenvalue weighted by Crippen LogP contribution is 2.28. The number of urea groups is 1. The maximum atomic E-state index is 11.9. The molecule has 158 valence electrons. The Hall–Kier alpha value is -3.09. The van der Waals surface area contributed by atoms with Crippen LogP contribution in [0, 0.1) is 0 Å². The van der Waals surface area contributed by atoms with Crippen LogP contribution in [-0.4, -0.2) is 39.1 Å². The summed E-state index contributed by atoms with van der Waals surface area (Å²) in [5.41, 5.74) is 1.06. The summed E-state index contributed by atoms with van der Waals surface area (Å²) in [6.45, 7) is 8.14. The lowest BCUT2D eigenvalue weighted by Gasteiger charge is -2.13. The number of amides is 2. The molecule has 0 aliphatic carbocycles. The van der Waals surface area contributed by atoms with Gasteiger partial charge >= 0.3 is 6.03 Å². The number of nitrogens with one attached hydrogen (secondary N) is 2. The third-order valence-electron chi connectivity index (χ3n) is 3.91. The summed E-state index contributed by atoms with van der Waals surface area (Å²) in [7, 11) is 0. The first-order valence-corrected chi connectivity index (χ1v) is 9.92. The molecule has 0 radical (unpaired) electrons. The highest BCUT2D eigenvalue weighted by molar-refractivity contribution is 5.73. The number of hydrogen-bond acceptors (Lipinski definition) is 5. The zero-order valence-corrected chi connectivity index (χ0v) is 17.3.